The number of hydrogen-bond donors (Lipinski definition) is 0. The van der Waals surface area contributed by atoms with Crippen LogP contribution in [0, 0.1) is 5.92 Å². The van der Waals surface area contributed by atoms with Crippen LogP contribution in [0.3, 0.4) is 0 Å². The van der Waals surface area contributed by atoms with E-state index in [1.807, 2.05) is 50.1 Å². The molecule has 1 aliphatic heterocycles. The number of aromatic nitrogens is 1. The maximum absolute atomic E-state index is 12.2. The summed E-state index contributed by atoms with van der Waals surface area (Å²) >= 11 is 0. The lowest BCUT2D eigenvalue weighted by Crippen LogP contribution is -2.45. The molecule has 2 rings (SSSR count). The number of rotatable bonds is 4. The number of ether oxygens (including phenoxy) is 1. The summed E-state index contributed by atoms with van der Waals surface area (Å²) in [6.45, 7) is 9.11. The molecule has 23 heavy (non-hydrogen) atoms. The first-order valence-electron chi connectivity index (χ1n) is 8.40. The molecule has 0 N–H and O–H groups in total. The Kier molecular flexibility index (Phi) is 5.99. The van der Waals surface area contributed by atoms with Crippen molar-refractivity contribution < 1.29 is 9.53 Å². The van der Waals surface area contributed by atoms with Crippen LogP contribution in [0.1, 0.15) is 39.3 Å². The number of nitrogens with zero attached hydrogens (tertiary/aromatic N) is 3. The average molecular weight is 319 g/mol. The van der Waals surface area contributed by atoms with Gasteiger partial charge in [0.2, 0.25) is 0 Å². The molecule has 0 aromatic carbocycles. The minimum Gasteiger partial charge on any atom is -0.444 e. The predicted octanol–water partition coefficient (Wildman–Crippen LogP) is 3.16. The molecule has 1 fully saturated rings. The second-order valence-corrected chi connectivity index (χ2v) is 7.45. The third-order valence-electron chi connectivity index (χ3n) is 3.90. The Labute approximate surface area is 139 Å². The van der Waals surface area contributed by atoms with Crippen LogP contribution in [0.15, 0.2) is 24.4 Å². The number of amides is 1. The molecular weight excluding hydrogens is 290 g/mol. The quantitative estimate of drug-likeness (QED) is 0.855. The molecule has 5 nitrogen and oxygen atoms in total. The average Bonchev–Trinajstić information content (AvgIpc) is 2.46. The molecule has 0 spiro atoms. The Morgan fingerprint density at radius 2 is 2.22 bits per heavy atom. The molecule has 1 aromatic rings. The van der Waals surface area contributed by atoms with Gasteiger partial charge in [-0.05, 0) is 58.7 Å². The van der Waals surface area contributed by atoms with Crippen LogP contribution in [0.2, 0.25) is 0 Å². The Morgan fingerprint density at radius 3 is 2.87 bits per heavy atom. The number of pyridine rings is 1. The zero-order chi connectivity index (χ0) is 16.9. The molecule has 5 heteroatoms. The number of likely N-dealkylation sites (tertiary alicyclic amines) is 1. The number of hydrogen-bond acceptors (Lipinski definition) is 4. The third kappa shape index (κ3) is 6.18. The van der Waals surface area contributed by atoms with Crippen LogP contribution >= 0.6 is 0 Å². The lowest BCUT2D eigenvalue weighted by atomic mass is 9.98. The standard InChI is InChI=1S/C18H29N3O2/c1-18(2,3)23-17(22)21-11-7-8-15(13-21)12-20(4)14-16-9-5-6-10-19-16/h5-6,9-10,15H,7-8,11-14H2,1-4H3/t15-/m1/s1. The molecule has 128 valence electrons. The smallest absolute Gasteiger partial charge is 0.410 e. The lowest BCUT2D eigenvalue weighted by Gasteiger charge is -2.35. The highest BCUT2D eigenvalue weighted by Crippen LogP contribution is 2.20. The molecular formula is C18H29N3O2. The Hall–Kier alpha value is -1.62. The van der Waals surface area contributed by atoms with Gasteiger partial charge in [0.25, 0.3) is 0 Å². The largest absolute Gasteiger partial charge is 0.444 e. The van der Waals surface area contributed by atoms with Gasteiger partial charge in [-0.3, -0.25) is 4.98 Å². The predicted molar refractivity (Wildman–Crippen MR) is 91.1 cm³/mol. The number of carbonyl (C=O) groups is 1. The minimum absolute atomic E-state index is 0.186. The molecule has 2 heterocycles. The summed E-state index contributed by atoms with van der Waals surface area (Å²) < 4.78 is 5.49. The molecule has 0 saturated carbocycles. The third-order valence-corrected chi connectivity index (χ3v) is 3.90. The van der Waals surface area contributed by atoms with Gasteiger partial charge in [-0.15, -0.1) is 0 Å². The van der Waals surface area contributed by atoms with E-state index in [-0.39, 0.29) is 6.09 Å². The van der Waals surface area contributed by atoms with Gasteiger partial charge in [-0.1, -0.05) is 6.07 Å². The van der Waals surface area contributed by atoms with E-state index in [4.69, 9.17) is 4.74 Å². The molecule has 0 bridgehead atoms. The van der Waals surface area contributed by atoms with Crippen LogP contribution in [0.5, 0.6) is 0 Å². The zero-order valence-corrected chi connectivity index (χ0v) is 14.8. The Bertz CT molecular complexity index is 499. The fourth-order valence-electron chi connectivity index (χ4n) is 2.98. The molecule has 0 radical (unpaired) electrons. The normalized spacial score (nSPS) is 19.0. The van der Waals surface area contributed by atoms with Crippen molar-refractivity contribution in [3.05, 3.63) is 30.1 Å². The molecule has 0 unspecified atom stereocenters. The van der Waals surface area contributed by atoms with E-state index in [0.29, 0.717) is 5.92 Å². The summed E-state index contributed by atoms with van der Waals surface area (Å²) in [5.74, 6) is 0.491. The summed E-state index contributed by atoms with van der Waals surface area (Å²) in [6.07, 6.45) is 3.84. The molecule has 1 amide bonds. The highest BCUT2D eigenvalue weighted by molar-refractivity contribution is 5.68. The van der Waals surface area contributed by atoms with E-state index in [0.717, 1.165) is 44.7 Å². The fraction of sp³-hybridized carbons (Fsp3) is 0.667. The molecule has 1 atom stereocenters. The molecule has 0 aliphatic carbocycles. The summed E-state index contributed by atoms with van der Waals surface area (Å²) in [4.78, 5) is 20.7. The van der Waals surface area contributed by atoms with Crippen molar-refractivity contribution in [2.45, 2.75) is 45.8 Å². The van der Waals surface area contributed by atoms with Crippen LogP contribution in [-0.2, 0) is 11.3 Å². The van der Waals surface area contributed by atoms with E-state index in [9.17, 15) is 4.79 Å². The van der Waals surface area contributed by atoms with Gasteiger partial charge in [0, 0.05) is 32.4 Å². The van der Waals surface area contributed by atoms with Crippen molar-refractivity contribution in [1.29, 1.82) is 0 Å². The van der Waals surface area contributed by atoms with Crippen LogP contribution in [0.4, 0.5) is 4.79 Å². The number of carbonyl (C=O) groups excluding carboxylic acids is 1. The molecule has 1 aromatic heterocycles. The van der Waals surface area contributed by atoms with Crippen LogP contribution in [0.25, 0.3) is 0 Å². The summed E-state index contributed by atoms with van der Waals surface area (Å²) in [7, 11) is 2.11. The second kappa shape index (κ2) is 7.77. The maximum atomic E-state index is 12.2. The molecule has 1 aliphatic rings. The summed E-state index contributed by atoms with van der Waals surface area (Å²) in [6, 6.07) is 5.99. The van der Waals surface area contributed by atoms with E-state index < -0.39 is 5.60 Å². The van der Waals surface area contributed by atoms with Crippen LogP contribution < -0.4 is 0 Å². The van der Waals surface area contributed by atoms with Crippen molar-refractivity contribution in [2.75, 3.05) is 26.7 Å². The van der Waals surface area contributed by atoms with E-state index in [2.05, 4.69) is 16.9 Å². The lowest BCUT2D eigenvalue weighted by molar-refractivity contribution is 0.0147. The fourth-order valence-corrected chi connectivity index (χ4v) is 2.98. The van der Waals surface area contributed by atoms with Gasteiger partial charge >= 0.3 is 6.09 Å². The van der Waals surface area contributed by atoms with Gasteiger partial charge in [0.05, 0.1) is 5.69 Å². The topological polar surface area (TPSA) is 45.7 Å². The highest BCUT2D eigenvalue weighted by atomic mass is 16.6. The second-order valence-electron chi connectivity index (χ2n) is 7.45. The van der Waals surface area contributed by atoms with Gasteiger partial charge < -0.3 is 14.5 Å². The van der Waals surface area contributed by atoms with Gasteiger partial charge in [-0.2, -0.15) is 0 Å². The summed E-state index contributed by atoms with van der Waals surface area (Å²) in [5, 5.41) is 0. The van der Waals surface area contributed by atoms with Crippen molar-refractivity contribution in [1.82, 2.24) is 14.8 Å². The Morgan fingerprint density at radius 1 is 1.43 bits per heavy atom. The minimum atomic E-state index is -0.431. The monoisotopic (exact) mass is 319 g/mol. The van der Waals surface area contributed by atoms with E-state index in [1.165, 1.54) is 0 Å². The van der Waals surface area contributed by atoms with Crippen molar-refractivity contribution in [3.63, 3.8) is 0 Å². The first kappa shape index (κ1) is 17.7. The van der Waals surface area contributed by atoms with Crippen molar-refractivity contribution in [2.24, 2.45) is 5.92 Å². The number of piperidine rings is 1. The van der Waals surface area contributed by atoms with Crippen LogP contribution in [-0.4, -0.2) is 53.2 Å². The van der Waals surface area contributed by atoms with Gasteiger partial charge in [0.15, 0.2) is 0 Å². The maximum Gasteiger partial charge on any atom is 0.410 e. The van der Waals surface area contributed by atoms with Gasteiger partial charge in [0.1, 0.15) is 5.60 Å². The first-order valence-corrected chi connectivity index (χ1v) is 8.40. The van der Waals surface area contributed by atoms with Gasteiger partial charge in [-0.25, -0.2) is 4.79 Å². The van der Waals surface area contributed by atoms with E-state index in [1.54, 1.807) is 0 Å². The SMILES string of the molecule is CN(Cc1ccccn1)C[C@H]1CCCN(C(=O)OC(C)(C)C)C1. The van der Waals surface area contributed by atoms with Crippen molar-refractivity contribution >= 4 is 6.09 Å². The van der Waals surface area contributed by atoms with Crippen molar-refractivity contribution in [3.8, 4) is 0 Å². The highest BCUT2D eigenvalue weighted by Gasteiger charge is 2.28. The zero-order valence-electron chi connectivity index (χ0n) is 14.8. The first-order chi connectivity index (χ1) is 10.8. The van der Waals surface area contributed by atoms with E-state index >= 15 is 0 Å². The molecule has 1 saturated heterocycles. The summed E-state index contributed by atoms with van der Waals surface area (Å²) in [5.41, 5.74) is 0.648. The Balaban J connectivity index is 1.82.